The van der Waals surface area contributed by atoms with Crippen LogP contribution in [0.5, 0.6) is 0 Å². The molecule has 0 fully saturated rings. The van der Waals surface area contributed by atoms with Gasteiger partial charge in [-0.2, -0.15) is 13.2 Å². The van der Waals surface area contributed by atoms with E-state index >= 15 is 0 Å². The highest BCUT2D eigenvalue weighted by Crippen LogP contribution is 2.21. The lowest BCUT2D eigenvalue weighted by atomic mass is 10.1. The molecule has 0 heterocycles. The van der Waals surface area contributed by atoms with E-state index in [9.17, 15) is 13.5 Å². The Morgan fingerprint density at radius 2 is 2.07 bits per heavy atom. The molecule has 6 nitrogen and oxygen atoms in total. The van der Waals surface area contributed by atoms with Crippen molar-refractivity contribution < 1.29 is 22.9 Å². The first-order chi connectivity index (χ1) is 6.36. The zero-order chi connectivity index (χ0) is 10.9. The van der Waals surface area contributed by atoms with Crippen LogP contribution in [0.1, 0.15) is 0 Å². The highest BCUT2D eigenvalue weighted by molar-refractivity contribution is 7.89. The van der Waals surface area contributed by atoms with E-state index in [2.05, 4.69) is 4.79 Å². The Balaban J connectivity index is 3.35. The van der Waals surface area contributed by atoms with Crippen LogP contribution in [0.4, 0.5) is 0 Å². The Hall–Kier alpha value is -0.980. The summed E-state index contributed by atoms with van der Waals surface area (Å²) < 4.78 is 30.1. The van der Waals surface area contributed by atoms with Crippen molar-refractivity contribution in [3.05, 3.63) is 27.6 Å². The van der Waals surface area contributed by atoms with Crippen molar-refractivity contribution in [3.63, 3.8) is 0 Å². The number of nitrogens with zero attached hydrogens (tertiary/aromatic N) is 2. The van der Waals surface area contributed by atoms with Gasteiger partial charge in [0.2, 0.25) is 0 Å². The maximum Gasteiger partial charge on any atom is 0.327 e. The van der Waals surface area contributed by atoms with Gasteiger partial charge in [0.05, 0.1) is 0 Å². The molecule has 0 spiro atoms. The van der Waals surface area contributed by atoms with Gasteiger partial charge in [0.25, 0.3) is 10.1 Å². The molecule has 0 aromatic carbocycles. The summed E-state index contributed by atoms with van der Waals surface area (Å²) in [6, 6.07) is 0. The fraction of sp³-hybridized carbons (Fsp3) is 0.167. The third-order valence-electron chi connectivity index (χ3n) is 1.53. The molecule has 8 heteroatoms. The van der Waals surface area contributed by atoms with Crippen molar-refractivity contribution in [1.29, 1.82) is 0 Å². The summed E-state index contributed by atoms with van der Waals surface area (Å²) in [6.07, 6.45) is 0.231. The topological polar surface area (TPSA) is 111 Å². The molecule has 76 valence electrons. The SMILES string of the molecule is [N-]=[N+]=C1C=C(Cl)C=C(S(=O)(=O)O)C1O. The number of hydrogen-bond acceptors (Lipinski definition) is 3. The largest absolute Gasteiger partial charge is 0.376 e. The quantitative estimate of drug-likeness (QED) is 0.377. The normalized spacial score (nSPS) is 22.5. The summed E-state index contributed by atoms with van der Waals surface area (Å²) in [5, 5.41) is 9.21. The van der Waals surface area contributed by atoms with E-state index in [1.165, 1.54) is 0 Å². The Bertz CT molecular complexity index is 472. The molecule has 1 atom stereocenters. The van der Waals surface area contributed by atoms with Crippen LogP contribution in [0, 0.1) is 0 Å². The molecule has 1 aliphatic rings. The smallest absolute Gasteiger partial charge is 0.327 e. The lowest BCUT2D eigenvalue weighted by Crippen LogP contribution is -2.28. The molecule has 1 aliphatic carbocycles. The van der Waals surface area contributed by atoms with E-state index in [0.717, 1.165) is 12.2 Å². The average molecular weight is 237 g/mol. The van der Waals surface area contributed by atoms with E-state index in [-0.39, 0.29) is 10.7 Å². The minimum Gasteiger partial charge on any atom is -0.376 e. The molecule has 0 bridgehead atoms. The van der Waals surface area contributed by atoms with Crippen molar-refractivity contribution in [2.24, 2.45) is 0 Å². The van der Waals surface area contributed by atoms with Crippen LogP contribution in [0.3, 0.4) is 0 Å². The Kier molecular flexibility index (Phi) is 2.89. The van der Waals surface area contributed by atoms with Gasteiger partial charge in [-0.05, 0) is 6.08 Å². The van der Waals surface area contributed by atoms with Crippen LogP contribution < -0.4 is 0 Å². The Morgan fingerprint density at radius 3 is 2.50 bits per heavy atom. The molecular weight excluding hydrogens is 232 g/mol. The van der Waals surface area contributed by atoms with E-state index in [4.69, 9.17) is 21.7 Å². The average Bonchev–Trinajstić information content (AvgIpc) is 2.06. The van der Waals surface area contributed by atoms with Crippen LogP contribution in [0.25, 0.3) is 5.53 Å². The minimum absolute atomic E-state index is 0.0734. The lowest BCUT2D eigenvalue weighted by Gasteiger charge is -2.10. The first-order valence-corrected chi connectivity index (χ1v) is 5.14. The first-order valence-electron chi connectivity index (χ1n) is 3.32. The molecule has 14 heavy (non-hydrogen) atoms. The van der Waals surface area contributed by atoms with Gasteiger partial charge in [0.1, 0.15) is 4.91 Å². The molecule has 0 radical (unpaired) electrons. The first kappa shape index (κ1) is 11.1. The molecule has 0 aromatic rings. The maximum atomic E-state index is 10.7. The van der Waals surface area contributed by atoms with Gasteiger partial charge in [0.15, 0.2) is 6.10 Å². The third-order valence-corrected chi connectivity index (χ3v) is 2.68. The predicted octanol–water partition coefficient (Wildman–Crippen LogP) is -0.0739. The monoisotopic (exact) mass is 236 g/mol. The second-order valence-electron chi connectivity index (χ2n) is 2.48. The zero-order valence-corrected chi connectivity index (χ0v) is 8.20. The maximum absolute atomic E-state index is 10.7. The number of allylic oxidation sites excluding steroid dienone is 2. The minimum atomic E-state index is -4.56. The molecule has 0 aliphatic heterocycles. The molecule has 1 unspecified atom stereocenters. The summed E-state index contributed by atoms with van der Waals surface area (Å²) in [4.78, 5) is 1.91. The molecule has 0 aromatic heterocycles. The summed E-state index contributed by atoms with van der Waals surface area (Å²) in [7, 11) is -4.56. The summed E-state index contributed by atoms with van der Waals surface area (Å²) in [6.45, 7) is 0. The second-order valence-corrected chi connectivity index (χ2v) is 4.34. The number of halogens is 1. The lowest BCUT2D eigenvalue weighted by molar-refractivity contribution is -0.0155. The van der Waals surface area contributed by atoms with Gasteiger partial charge in [-0.25, -0.2) is 0 Å². The Labute approximate surface area is 84.5 Å². The van der Waals surface area contributed by atoms with Crippen LogP contribution in [0.2, 0.25) is 0 Å². The van der Waals surface area contributed by atoms with Crippen molar-refractivity contribution >= 4 is 27.4 Å². The number of rotatable bonds is 1. The fourth-order valence-electron chi connectivity index (χ4n) is 0.922. The van der Waals surface area contributed by atoms with Gasteiger partial charge in [-0.15, -0.1) is 0 Å². The highest BCUT2D eigenvalue weighted by atomic mass is 35.5. The molecule has 0 amide bonds. The van der Waals surface area contributed by atoms with E-state index in [0.29, 0.717) is 0 Å². The van der Waals surface area contributed by atoms with E-state index < -0.39 is 21.1 Å². The molecule has 1 rings (SSSR count). The van der Waals surface area contributed by atoms with Crippen molar-refractivity contribution in [2.45, 2.75) is 6.10 Å². The molecule has 2 N–H and O–H groups in total. The standard InChI is InChI=1S/C6H5ClN2O4S/c7-3-1-4(9-8)6(10)5(2-3)14(11,12)13/h1-2,6,10H,(H,11,12,13). The van der Waals surface area contributed by atoms with Crippen molar-refractivity contribution in [2.75, 3.05) is 0 Å². The zero-order valence-electron chi connectivity index (χ0n) is 6.62. The third kappa shape index (κ3) is 2.09. The van der Waals surface area contributed by atoms with Gasteiger partial charge in [0, 0.05) is 11.1 Å². The fourth-order valence-corrected chi connectivity index (χ4v) is 1.89. The molecular formula is C6H5ClN2O4S. The number of aliphatic hydroxyl groups excluding tert-OH is 1. The van der Waals surface area contributed by atoms with Crippen molar-refractivity contribution in [3.8, 4) is 0 Å². The van der Waals surface area contributed by atoms with E-state index in [1.807, 2.05) is 0 Å². The summed E-state index contributed by atoms with van der Waals surface area (Å²) >= 11 is 5.46. The molecule has 0 saturated carbocycles. The van der Waals surface area contributed by atoms with Gasteiger partial charge in [-0.3, -0.25) is 4.55 Å². The van der Waals surface area contributed by atoms with Crippen LogP contribution in [-0.4, -0.2) is 34.7 Å². The van der Waals surface area contributed by atoms with Crippen molar-refractivity contribution in [1.82, 2.24) is 0 Å². The van der Waals surface area contributed by atoms with Crippen LogP contribution in [-0.2, 0) is 10.1 Å². The van der Waals surface area contributed by atoms with Gasteiger partial charge < -0.3 is 10.6 Å². The van der Waals surface area contributed by atoms with Gasteiger partial charge >= 0.3 is 5.71 Å². The predicted molar refractivity (Wildman–Crippen MR) is 48.2 cm³/mol. The van der Waals surface area contributed by atoms with Gasteiger partial charge in [-0.1, -0.05) is 11.6 Å². The highest BCUT2D eigenvalue weighted by Gasteiger charge is 2.34. The van der Waals surface area contributed by atoms with Crippen LogP contribution in [0.15, 0.2) is 22.1 Å². The number of aliphatic hydroxyl groups is 1. The summed E-state index contributed by atoms with van der Waals surface area (Å²) in [5.41, 5.74) is 8.03. The number of hydrogen-bond donors (Lipinski definition) is 2. The summed E-state index contributed by atoms with van der Waals surface area (Å²) in [5.74, 6) is 0. The van der Waals surface area contributed by atoms with E-state index in [1.54, 1.807) is 0 Å². The second kappa shape index (κ2) is 3.64. The van der Waals surface area contributed by atoms with Crippen LogP contribution >= 0.6 is 11.6 Å². The molecule has 0 saturated heterocycles. The Morgan fingerprint density at radius 1 is 1.50 bits per heavy atom.